The first-order valence-electron chi connectivity index (χ1n) is 21.2. The van der Waals surface area contributed by atoms with E-state index in [1.807, 2.05) is 48.5 Å². The van der Waals surface area contributed by atoms with Gasteiger partial charge in [-0.15, -0.1) is 0 Å². The molecule has 13 aromatic rings. The fourth-order valence-electron chi connectivity index (χ4n) is 9.63. The average molecular weight is 806 g/mol. The van der Waals surface area contributed by atoms with E-state index in [-0.39, 0.29) is 0 Å². The summed E-state index contributed by atoms with van der Waals surface area (Å²) in [6, 6.07) is 74.5. The van der Waals surface area contributed by atoms with Crippen molar-refractivity contribution in [3.63, 3.8) is 0 Å². The second kappa shape index (κ2) is 14.0. The molecular formula is C57H35N5O. The maximum absolute atomic E-state index is 6.37. The molecule has 63 heavy (non-hydrogen) atoms. The van der Waals surface area contributed by atoms with Gasteiger partial charge in [0.25, 0.3) is 0 Å². The van der Waals surface area contributed by atoms with Gasteiger partial charge < -0.3 is 8.98 Å². The molecule has 294 valence electrons. The lowest BCUT2D eigenvalue weighted by atomic mass is 9.98. The van der Waals surface area contributed by atoms with E-state index >= 15 is 0 Å². The highest BCUT2D eigenvalue weighted by molar-refractivity contribution is 6.24. The first-order valence-corrected chi connectivity index (χ1v) is 21.2. The van der Waals surface area contributed by atoms with Crippen LogP contribution in [0.2, 0.25) is 0 Å². The largest absolute Gasteiger partial charge is 0.456 e. The van der Waals surface area contributed by atoms with Gasteiger partial charge in [-0.3, -0.25) is 4.57 Å². The van der Waals surface area contributed by atoms with Crippen molar-refractivity contribution in [1.29, 1.82) is 0 Å². The standard InChI is InChI=1S/C57H35N5O/c1-3-17-36(18-4-1)38-21-15-22-39(35-38)40-23-7-11-28-47(40)61-48-29-12-8-24-41(48)43-33-34-44-42-25-9-13-30-49(42)62(54(44)53(43)61)57-59-55(37-19-5-2-6-20-37)58-56(60-57)46-27-16-32-51-52(46)45-26-10-14-31-50(45)63-51/h1-35H. The zero-order valence-electron chi connectivity index (χ0n) is 33.9. The van der Waals surface area contributed by atoms with Crippen LogP contribution >= 0.6 is 0 Å². The van der Waals surface area contributed by atoms with Gasteiger partial charge in [0.05, 0.1) is 27.8 Å². The quantitative estimate of drug-likeness (QED) is 0.168. The molecular weight excluding hydrogens is 771 g/mol. The van der Waals surface area contributed by atoms with Crippen molar-refractivity contribution in [2.24, 2.45) is 0 Å². The highest BCUT2D eigenvalue weighted by atomic mass is 16.3. The number of para-hydroxylation sites is 4. The molecule has 0 bridgehead atoms. The minimum absolute atomic E-state index is 0.531. The Morgan fingerprint density at radius 3 is 1.65 bits per heavy atom. The van der Waals surface area contributed by atoms with Gasteiger partial charge in [-0.1, -0.05) is 176 Å². The van der Waals surface area contributed by atoms with E-state index in [9.17, 15) is 0 Å². The third-order valence-electron chi connectivity index (χ3n) is 12.4. The summed E-state index contributed by atoms with van der Waals surface area (Å²) < 4.78 is 11.1. The Balaban J connectivity index is 1.15. The molecule has 0 aliphatic carbocycles. The number of fused-ring (bicyclic) bond motifs is 10. The molecule has 6 heteroatoms. The summed E-state index contributed by atoms with van der Waals surface area (Å²) in [6.45, 7) is 0. The molecule has 4 heterocycles. The molecule has 0 N–H and O–H groups in total. The zero-order valence-corrected chi connectivity index (χ0v) is 33.9. The van der Waals surface area contributed by atoms with Crippen molar-refractivity contribution >= 4 is 65.6 Å². The van der Waals surface area contributed by atoms with E-state index in [2.05, 4.69) is 173 Å². The lowest BCUT2D eigenvalue weighted by Crippen LogP contribution is -2.07. The van der Waals surface area contributed by atoms with Crippen molar-refractivity contribution in [3.8, 4) is 56.7 Å². The molecule has 6 nitrogen and oxygen atoms in total. The normalized spacial score (nSPS) is 11.8. The van der Waals surface area contributed by atoms with E-state index in [1.165, 1.54) is 16.5 Å². The van der Waals surface area contributed by atoms with Crippen LogP contribution < -0.4 is 0 Å². The van der Waals surface area contributed by atoms with Gasteiger partial charge in [0.1, 0.15) is 11.2 Å². The molecule has 0 fully saturated rings. The number of hydrogen-bond donors (Lipinski definition) is 0. The number of rotatable bonds is 6. The van der Waals surface area contributed by atoms with Crippen molar-refractivity contribution in [1.82, 2.24) is 24.1 Å². The van der Waals surface area contributed by atoms with Crippen LogP contribution in [0, 0.1) is 0 Å². The van der Waals surface area contributed by atoms with E-state index in [0.29, 0.717) is 17.6 Å². The minimum atomic E-state index is 0.531. The molecule has 0 amide bonds. The van der Waals surface area contributed by atoms with Gasteiger partial charge in [-0.25, -0.2) is 4.98 Å². The Labute approximate surface area is 361 Å². The monoisotopic (exact) mass is 805 g/mol. The molecule has 9 aromatic carbocycles. The smallest absolute Gasteiger partial charge is 0.238 e. The molecule has 13 rings (SSSR count). The van der Waals surface area contributed by atoms with E-state index in [1.54, 1.807) is 0 Å². The van der Waals surface area contributed by atoms with Crippen LogP contribution in [0.3, 0.4) is 0 Å². The third kappa shape index (κ3) is 5.48. The van der Waals surface area contributed by atoms with Crippen molar-refractivity contribution in [2.75, 3.05) is 0 Å². The number of nitrogens with zero attached hydrogens (tertiary/aromatic N) is 5. The summed E-state index contributed by atoms with van der Waals surface area (Å²) in [5, 5.41) is 6.52. The Bertz CT molecular complexity index is 3920. The predicted molar refractivity (Wildman–Crippen MR) is 258 cm³/mol. The van der Waals surface area contributed by atoms with Gasteiger partial charge >= 0.3 is 0 Å². The third-order valence-corrected chi connectivity index (χ3v) is 12.4. The molecule has 0 unspecified atom stereocenters. The molecule has 0 aliphatic rings. The van der Waals surface area contributed by atoms with Crippen LogP contribution in [0.1, 0.15) is 0 Å². The molecule has 0 spiro atoms. The van der Waals surface area contributed by atoms with E-state index in [0.717, 1.165) is 88.1 Å². The van der Waals surface area contributed by atoms with Crippen LogP contribution in [-0.2, 0) is 0 Å². The lowest BCUT2D eigenvalue weighted by Gasteiger charge is -2.16. The average Bonchev–Trinajstić information content (AvgIpc) is 4.02. The van der Waals surface area contributed by atoms with Gasteiger partial charge in [-0.2, -0.15) is 9.97 Å². The Hall–Kier alpha value is -8.61. The topological polar surface area (TPSA) is 61.7 Å². The summed E-state index contributed by atoms with van der Waals surface area (Å²) >= 11 is 0. The molecule has 4 aromatic heterocycles. The highest BCUT2D eigenvalue weighted by Gasteiger charge is 2.25. The second-order valence-corrected chi connectivity index (χ2v) is 16.0. The van der Waals surface area contributed by atoms with Crippen LogP contribution in [0.25, 0.3) is 122 Å². The highest BCUT2D eigenvalue weighted by Crippen LogP contribution is 2.44. The zero-order chi connectivity index (χ0) is 41.4. The van der Waals surface area contributed by atoms with Gasteiger partial charge in [0, 0.05) is 49.0 Å². The minimum Gasteiger partial charge on any atom is -0.456 e. The number of benzene rings is 9. The maximum Gasteiger partial charge on any atom is 0.238 e. The summed E-state index contributed by atoms with van der Waals surface area (Å²) in [5.74, 6) is 1.68. The van der Waals surface area contributed by atoms with Crippen molar-refractivity contribution < 1.29 is 4.42 Å². The number of aromatic nitrogens is 5. The van der Waals surface area contributed by atoms with Crippen LogP contribution in [0.5, 0.6) is 0 Å². The summed E-state index contributed by atoms with van der Waals surface area (Å²) in [6.07, 6.45) is 0. The van der Waals surface area contributed by atoms with Crippen molar-refractivity contribution in [3.05, 3.63) is 212 Å². The molecule has 0 aliphatic heterocycles. The first-order chi connectivity index (χ1) is 31.3. The Kier molecular flexibility index (Phi) is 7.80. The van der Waals surface area contributed by atoms with E-state index in [4.69, 9.17) is 19.4 Å². The SMILES string of the molecule is c1ccc(-c2cccc(-c3ccccc3-n3c4ccccc4c4ccc5c6ccccc6n(-c6nc(-c7ccccc7)nc(-c7cccc8oc9ccccc9c78)n6)c5c43)c2)cc1. The summed E-state index contributed by atoms with van der Waals surface area (Å²) in [7, 11) is 0. The number of furan rings is 1. The fraction of sp³-hybridized carbons (Fsp3) is 0. The molecule has 0 saturated heterocycles. The van der Waals surface area contributed by atoms with Crippen LogP contribution in [0.4, 0.5) is 0 Å². The maximum atomic E-state index is 6.37. The molecule has 0 atom stereocenters. The second-order valence-electron chi connectivity index (χ2n) is 16.0. The first kappa shape index (κ1) is 35.2. The Morgan fingerprint density at radius 1 is 0.333 bits per heavy atom. The van der Waals surface area contributed by atoms with E-state index < -0.39 is 0 Å². The Morgan fingerprint density at radius 2 is 0.873 bits per heavy atom. The fourth-order valence-corrected chi connectivity index (χ4v) is 9.63. The molecule has 0 saturated carbocycles. The summed E-state index contributed by atoms with van der Waals surface area (Å²) in [4.78, 5) is 16.1. The van der Waals surface area contributed by atoms with Gasteiger partial charge in [0.2, 0.25) is 5.95 Å². The summed E-state index contributed by atoms with van der Waals surface area (Å²) in [5.41, 5.74) is 13.3. The number of hydrogen-bond acceptors (Lipinski definition) is 4. The predicted octanol–water partition coefficient (Wildman–Crippen LogP) is 14.6. The van der Waals surface area contributed by atoms with Gasteiger partial charge in [0.15, 0.2) is 11.6 Å². The molecule has 0 radical (unpaired) electrons. The van der Waals surface area contributed by atoms with Crippen LogP contribution in [-0.4, -0.2) is 24.1 Å². The van der Waals surface area contributed by atoms with Crippen LogP contribution in [0.15, 0.2) is 217 Å². The van der Waals surface area contributed by atoms with Gasteiger partial charge in [-0.05, 0) is 53.1 Å². The van der Waals surface area contributed by atoms with Crippen molar-refractivity contribution in [2.45, 2.75) is 0 Å². The lowest BCUT2D eigenvalue weighted by molar-refractivity contribution is 0.669.